The van der Waals surface area contributed by atoms with E-state index in [0.717, 1.165) is 10.0 Å². The number of aromatic nitrogens is 2. The SMILES string of the molecule is CN(Cc1ccccc1Br)c1nc2ccccn2c1[N+](=O)[O-]. The van der Waals surface area contributed by atoms with Crippen LogP contribution in [0.5, 0.6) is 0 Å². The van der Waals surface area contributed by atoms with Crippen molar-refractivity contribution in [1.29, 1.82) is 0 Å². The van der Waals surface area contributed by atoms with E-state index in [-0.39, 0.29) is 5.82 Å². The summed E-state index contributed by atoms with van der Waals surface area (Å²) in [7, 11) is 1.80. The van der Waals surface area contributed by atoms with Gasteiger partial charge in [0.25, 0.3) is 0 Å². The van der Waals surface area contributed by atoms with Gasteiger partial charge in [0.1, 0.15) is 0 Å². The Kier molecular flexibility index (Phi) is 3.81. The Hall–Kier alpha value is -2.41. The van der Waals surface area contributed by atoms with Gasteiger partial charge in [-0.2, -0.15) is 9.38 Å². The minimum absolute atomic E-state index is 0.0230. The highest BCUT2D eigenvalue weighted by Gasteiger charge is 2.25. The van der Waals surface area contributed by atoms with Crippen LogP contribution in [0, 0.1) is 10.1 Å². The zero-order chi connectivity index (χ0) is 15.7. The Morgan fingerprint density at radius 2 is 2.00 bits per heavy atom. The summed E-state index contributed by atoms with van der Waals surface area (Å²) >= 11 is 3.49. The molecule has 0 unspecified atom stereocenters. The van der Waals surface area contributed by atoms with E-state index in [2.05, 4.69) is 20.9 Å². The van der Waals surface area contributed by atoms with Crippen molar-refractivity contribution in [2.24, 2.45) is 0 Å². The van der Waals surface area contributed by atoms with E-state index in [1.54, 1.807) is 30.3 Å². The summed E-state index contributed by atoms with van der Waals surface area (Å²) in [4.78, 5) is 17.2. The third-order valence-electron chi connectivity index (χ3n) is 3.39. The van der Waals surface area contributed by atoms with Crippen LogP contribution in [0.4, 0.5) is 11.6 Å². The molecule has 0 bridgehead atoms. The number of hydrogen-bond acceptors (Lipinski definition) is 4. The molecule has 112 valence electrons. The van der Waals surface area contributed by atoms with Gasteiger partial charge in [-0.05, 0) is 22.6 Å². The number of imidazole rings is 1. The third kappa shape index (κ3) is 2.55. The van der Waals surface area contributed by atoms with Gasteiger partial charge in [0.15, 0.2) is 0 Å². The lowest BCUT2D eigenvalue weighted by Gasteiger charge is -2.16. The zero-order valence-electron chi connectivity index (χ0n) is 11.8. The molecule has 0 radical (unpaired) electrons. The number of fused-ring (bicyclic) bond motifs is 1. The fourth-order valence-electron chi connectivity index (χ4n) is 2.35. The average molecular weight is 361 g/mol. The molecule has 3 aromatic rings. The average Bonchev–Trinajstić information content (AvgIpc) is 2.89. The van der Waals surface area contributed by atoms with E-state index in [9.17, 15) is 10.1 Å². The van der Waals surface area contributed by atoms with E-state index in [1.165, 1.54) is 4.40 Å². The minimum Gasteiger partial charge on any atom is -0.358 e. The van der Waals surface area contributed by atoms with Crippen LogP contribution in [0.15, 0.2) is 53.1 Å². The quantitative estimate of drug-likeness (QED) is 0.526. The molecule has 0 amide bonds. The number of benzene rings is 1. The third-order valence-corrected chi connectivity index (χ3v) is 4.16. The van der Waals surface area contributed by atoms with Gasteiger partial charge in [0.05, 0.1) is 6.20 Å². The largest absolute Gasteiger partial charge is 0.372 e. The molecule has 6 nitrogen and oxygen atoms in total. The lowest BCUT2D eigenvalue weighted by molar-refractivity contribution is -0.389. The standard InChI is InChI=1S/C15H13BrN4O2/c1-18(10-11-6-2-3-7-12(11)16)14-15(20(21)22)19-9-5-4-8-13(19)17-14/h2-9H,10H2,1H3. The number of nitrogens with zero attached hydrogens (tertiary/aromatic N) is 4. The van der Waals surface area contributed by atoms with Crippen molar-refractivity contribution in [3.05, 3.63) is 68.8 Å². The lowest BCUT2D eigenvalue weighted by Crippen LogP contribution is -2.18. The first-order chi connectivity index (χ1) is 10.6. The fourth-order valence-corrected chi connectivity index (χ4v) is 2.76. The predicted molar refractivity (Wildman–Crippen MR) is 88.1 cm³/mol. The highest BCUT2D eigenvalue weighted by atomic mass is 79.9. The molecule has 0 atom stereocenters. The maximum Gasteiger partial charge on any atom is 0.372 e. The first-order valence-corrected chi connectivity index (χ1v) is 7.43. The second-order valence-corrected chi connectivity index (χ2v) is 5.75. The second kappa shape index (κ2) is 5.76. The van der Waals surface area contributed by atoms with E-state index in [1.807, 2.05) is 30.3 Å². The van der Waals surface area contributed by atoms with Crippen LogP contribution in [0.3, 0.4) is 0 Å². The lowest BCUT2D eigenvalue weighted by atomic mass is 10.2. The van der Waals surface area contributed by atoms with Crippen molar-refractivity contribution in [1.82, 2.24) is 9.38 Å². The molecule has 1 aromatic carbocycles. The van der Waals surface area contributed by atoms with Gasteiger partial charge < -0.3 is 15.0 Å². The van der Waals surface area contributed by atoms with Gasteiger partial charge in [-0.25, -0.2) is 0 Å². The van der Waals surface area contributed by atoms with Crippen LogP contribution in [0.1, 0.15) is 5.56 Å². The Morgan fingerprint density at radius 1 is 1.27 bits per heavy atom. The molecule has 0 aliphatic rings. The van der Waals surface area contributed by atoms with Crippen LogP contribution in [-0.4, -0.2) is 21.4 Å². The Balaban J connectivity index is 2.04. The number of anilines is 1. The van der Waals surface area contributed by atoms with E-state index in [0.29, 0.717) is 18.0 Å². The van der Waals surface area contributed by atoms with Gasteiger partial charge in [-0.1, -0.05) is 40.2 Å². The first kappa shape index (κ1) is 14.5. The molecule has 0 N–H and O–H groups in total. The second-order valence-electron chi connectivity index (χ2n) is 4.89. The molecule has 0 aliphatic carbocycles. The number of hydrogen-bond donors (Lipinski definition) is 0. The Morgan fingerprint density at radius 3 is 2.73 bits per heavy atom. The number of pyridine rings is 1. The predicted octanol–water partition coefficient (Wildman–Crippen LogP) is 3.64. The molecular formula is C15H13BrN4O2. The van der Waals surface area contributed by atoms with Crippen molar-refractivity contribution in [2.45, 2.75) is 6.54 Å². The summed E-state index contributed by atoms with van der Waals surface area (Å²) in [5.41, 5.74) is 1.60. The van der Waals surface area contributed by atoms with Crippen LogP contribution >= 0.6 is 15.9 Å². The highest BCUT2D eigenvalue weighted by Crippen LogP contribution is 2.29. The number of rotatable bonds is 4. The molecule has 0 saturated carbocycles. The van der Waals surface area contributed by atoms with Crippen molar-refractivity contribution >= 4 is 33.2 Å². The van der Waals surface area contributed by atoms with E-state index >= 15 is 0 Å². The monoisotopic (exact) mass is 360 g/mol. The first-order valence-electron chi connectivity index (χ1n) is 6.64. The van der Waals surface area contributed by atoms with Crippen LogP contribution in [0.2, 0.25) is 0 Å². The summed E-state index contributed by atoms with van der Waals surface area (Å²) in [6, 6.07) is 13.1. The van der Waals surface area contributed by atoms with Crippen LogP contribution in [-0.2, 0) is 6.54 Å². The minimum atomic E-state index is -0.397. The molecule has 0 fully saturated rings. The van der Waals surface area contributed by atoms with Crippen molar-refractivity contribution < 1.29 is 4.92 Å². The van der Waals surface area contributed by atoms with Crippen molar-refractivity contribution in [2.75, 3.05) is 11.9 Å². The Bertz CT molecular complexity index is 846. The van der Waals surface area contributed by atoms with Crippen LogP contribution in [0.25, 0.3) is 5.65 Å². The maximum atomic E-state index is 11.4. The number of nitro groups is 1. The maximum absolute atomic E-state index is 11.4. The molecule has 0 saturated heterocycles. The van der Waals surface area contributed by atoms with Gasteiger partial charge >= 0.3 is 5.82 Å². The normalized spacial score (nSPS) is 10.8. The summed E-state index contributed by atoms with van der Waals surface area (Å²) in [6.45, 7) is 0.520. The van der Waals surface area contributed by atoms with Gasteiger partial charge in [0.2, 0.25) is 11.5 Å². The molecule has 0 spiro atoms. The molecule has 2 aromatic heterocycles. The van der Waals surface area contributed by atoms with Crippen molar-refractivity contribution in [3.63, 3.8) is 0 Å². The summed E-state index contributed by atoms with van der Waals surface area (Å²) in [6.07, 6.45) is 1.65. The molecule has 0 aliphatic heterocycles. The highest BCUT2D eigenvalue weighted by molar-refractivity contribution is 9.10. The molecule has 7 heteroatoms. The molecule has 3 rings (SSSR count). The van der Waals surface area contributed by atoms with E-state index < -0.39 is 4.92 Å². The van der Waals surface area contributed by atoms with Gasteiger partial charge in [-0.15, -0.1) is 0 Å². The summed E-state index contributed by atoms with van der Waals surface area (Å²) in [5, 5.41) is 11.4. The Labute approximate surface area is 135 Å². The van der Waals surface area contributed by atoms with E-state index in [4.69, 9.17) is 0 Å². The number of halogens is 1. The molecule has 2 heterocycles. The van der Waals surface area contributed by atoms with Crippen LogP contribution < -0.4 is 4.90 Å². The topological polar surface area (TPSA) is 63.7 Å². The zero-order valence-corrected chi connectivity index (χ0v) is 13.4. The fraction of sp³-hybridized carbons (Fsp3) is 0.133. The molecular weight excluding hydrogens is 348 g/mol. The summed E-state index contributed by atoms with van der Waals surface area (Å²) < 4.78 is 2.46. The van der Waals surface area contributed by atoms with Gasteiger partial charge in [0, 0.05) is 24.1 Å². The smallest absolute Gasteiger partial charge is 0.358 e. The van der Waals surface area contributed by atoms with Crippen molar-refractivity contribution in [3.8, 4) is 0 Å². The van der Waals surface area contributed by atoms with Gasteiger partial charge in [-0.3, -0.25) is 0 Å². The molecule has 22 heavy (non-hydrogen) atoms. The summed E-state index contributed by atoms with van der Waals surface area (Å²) in [5.74, 6) is 0.331.